The molecule has 0 radical (unpaired) electrons. The van der Waals surface area contributed by atoms with Gasteiger partial charge in [-0.05, 0) is 12.1 Å². The Morgan fingerprint density at radius 1 is 1.19 bits per heavy atom. The third-order valence-electron chi connectivity index (χ3n) is 2.30. The lowest BCUT2D eigenvalue weighted by atomic mass is 10.3. The molecule has 4 nitrogen and oxygen atoms in total. The van der Waals surface area contributed by atoms with Crippen LogP contribution in [-0.2, 0) is 0 Å². The van der Waals surface area contributed by atoms with Gasteiger partial charge in [0, 0.05) is 20.2 Å². The molecule has 0 aliphatic carbocycles. The number of anilines is 1. The Kier molecular flexibility index (Phi) is 2.72. The van der Waals surface area contributed by atoms with Crippen LogP contribution in [0.3, 0.4) is 0 Å². The molecular weight excluding hydrogens is 202 g/mol. The molecule has 0 saturated heterocycles. The largest absolute Gasteiger partial charge is 0.376 e. The lowest BCUT2D eigenvalue weighted by Gasteiger charge is -2.12. The normalized spacial score (nSPS) is 10.1. The molecule has 1 aromatic heterocycles. The zero-order valence-corrected chi connectivity index (χ0v) is 9.29. The zero-order chi connectivity index (χ0) is 11.5. The van der Waals surface area contributed by atoms with Gasteiger partial charge in [0.2, 0.25) is 0 Å². The van der Waals surface area contributed by atoms with Crippen LogP contribution in [0.4, 0.5) is 5.69 Å². The molecule has 2 aromatic rings. The number of hydrogen-bond acceptors (Lipinski definition) is 3. The van der Waals surface area contributed by atoms with Gasteiger partial charge in [0.1, 0.15) is 0 Å². The molecular formula is C12H13N3O. The minimum absolute atomic E-state index is 0.127. The Hall–Kier alpha value is -2.10. The van der Waals surface area contributed by atoms with Gasteiger partial charge < -0.3 is 4.90 Å². The lowest BCUT2D eigenvalue weighted by Crippen LogP contribution is -2.22. The molecule has 0 bridgehead atoms. The number of rotatable bonds is 2. The number of benzene rings is 1. The van der Waals surface area contributed by atoms with E-state index in [1.54, 1.807) is 12.3 Å². The highest BCUT2D eigenvalue weighted by atomic mass is 16.1. The summed E-state index contributed by atoms with van der Waals surface area (Å²) in [7, 11) is 3.76. The maximum atomic E-state index is 11.8. The van der Waals surface area contributed by atoms with Crippen LogP contribution in [0, 0.1) is 0 Å². The standard InChI is InChI=1S/C12H13N3O/c1-14(2)11-8-12(16)15(13-9-11)10-6-4-3-5-7-10/h3-9H,1-2H3. The molecule has 4 heteroatoms. The van der Waals surface area contributed by atoms with Crippen LogP contribution >= 0.6 is 0 Å². The van der Waals surface area contributed by atoms with E-state index in [-0.39, 0.29) is 5.56 Å². The van der Waals surface area contributed by atoms with Gasteiger partial charge in [0.15, 0.2) is 0 Å². The fourth-order valence-corrected chi connectivity index (χ4v) is 1.41. The topological polar surface area (TPSA) is 38.1 Å². The van der Waals surface area contributed by atoms with Crippen molar-refractivity contribution in [1.82, 2.24) is 9.78 Å². The van der Waals surface area contributed by atoms with Crippen molar-refractivity contribution in [3.63, 3.8) is 0 Å². The smallest absolute Gasteiger partial charge is 0.273 e. The molecule has 82 valence electrons. The van der Waals surface area contributed by atoms with Crippen molar-refractivity contribution in [2.45, 2.75) is 0 Å². The van der Waals surface area contributed by atoms with Gasteiger partial charge in [-0.2, -0.15) is 9.78 Å². The van der Waals surface area contributed by atoms with Crippen molar-refractivity contribution >= 4 is 5.69 Å². The Morgan fingerprint density at radius 2 is 1.88 bits per heavy atom. The zero-order valence-electron chi connectivity index (χ0n) is 9.29. The second-order valence-corrected chi connectivity index (χ2v) is 3.69. The Morgan fingerprint density at radius 3 is 2.44 bits per heavy atom. The van der Waals surface area contributed by atoms with Crippen molar-refractivity contribution in [2.75, 3.05) is 19.0 Å². The van der Waals surface area contributed by atoms with Crippen molar-refractivity contribution in [2.24, 2.45) is 0 Å². The summed E-state index contributed by atoms with van der Waals surface area (Å²) in [5, 5.41) is 4.13. The quantitative estimate of drug-likeness (QED) is 0.757. The van der Waals surface area contributed by atoms with Crippen LogP contribution in [0.25, 0.3) is 5.69 Å². The minimum Gasteiger partial charge on any atom is -0.376 e. The Labute approximate surface area is 93.8 Å². The fourth-order valence-electron chi connectivity index (χ4n) is 1.41. The molecule has 0 aliphatic heterocycles. The fraction of sp³-hybridized carbons (Fsp3) is 0.167. The van der Waals surface area contributed by atoms with Crippen LogP contribution in [0.1, 0.15) is 0 Å². The van der Waals surface area contributed by atoms with Crippen LogP contribution in [0.15, 0.2) is 47.4 Å². The maximum Gasteiger partial charge on any atom is 0.273 e. The van der Waals surface area contributed by atoms with E-state index in [1.165, 1.54) is 4.68 Å². The minimum atomic E-state index is -0.127. The van der Waals surface area contributed by atoms with Gasteiger partial charge in [-0.25, -0.2) is 0 Å². The van der Waals surface area contributed by atoms with E-state index in [4.69, 9.17) is 0 Å². The summed E-state index contributed by atoms with van der Waals surface area (Å²) in [5.74, 6) is 0. The lowest BCUT2D eigenvalue weighted by molar-refractivity contribution is 0.803. The predicted molar refractivity (Wildman–Crippen MR) is 64.2 cm³/mol. The van der Waals surface area contributed by atoms with Gasteiger partial charge in [-0.3, -0.25) is 4.79 Å². The molecule has 16 heavy (non-hydrogen) atoms. The number of hydrogen-bond donors (Lipinski definition) is 0. The summed E-state index contributed by atoms with van der Waals surface area (Å²) in [5.41, 5.74) is 1.45. The average molecular weight is 215 g/mol. The molecule has 0 fully saturated rings. The summed E-state index contributed by atoms with van der Waals surface area (Å²) in [4.78, 5) is 13.7. The average Bonchev–Trinajstić information content (AvgIpc) is 2.30. The summed E-state index contributed by atoms with van der Waals surface area (Å²) in [6.45, 7) is 0. The number of para-hydroxylation sites is 1. The molecule has 0 unspecified atom stereocenters. The first kappa shape index (κ1) is 10.4. The third kappa shape index (κ3) is 1.95. The van der Waals surface area contributed by atoms with Crippen molar-refractivity contribution in [1.29, 1.82) is 0 Å². The Balaban J connectivity index is 2.49. The molecule has 0 aliphatic rings. The summed E-state index contributed by atoms with van der Waals surface area (Å²) >= 11 is 0. The van der Waals surface area contributed by atoms with Gasteiger partial charge in [-0.1, -0.05) is 18.2 Å². The maximum absolute atomic E-state index is 11.8. The number of nitrogens with zero attached hydrogens (tertiary/aromatic N) is 3. The summed E-state index contributed by atoms with van der Waals surface area (Å²) in [6, 6.07) is 10.9. The van der Waals surface area contributed by atoms with E-state index in [9.17, 15) is 4.79 Å². The van der Waals surface area contributed by atoms with Crippen molar-refractivity contribution in [3.05, 3.63) is 52.9 Å². The molecule has 0 amide bonds. The van der Waals surface area contributed by atoms with Crippen molar-refractivity contribution < 1.29 is 0 Å². The third-order valence-corrected chi connectivity index (χ3v) is 2.30. The first-order valence-corrected chi connectivity index (χ1v) is 5.00. The molecule has 2 rings (SSSR count). The monoisotopic (exact) mass is 215 g/mol. The first-order chi connectivity index (χ1) is 7.68. The summed E-state index contributed by atoms with van der Waals surface area (Å²) < 4.78 is 1.38. The van der Waals surface area contributed by atoms with E-state index in [0.29, 0.717) is 0 Å². The highest BCUT2D eigenvalue weighted by molar-refractivity contribution is 5.42. The molecule has 1 aromatic carbocycles. The Bertz CT molecular complexity index is 531. The van der Waals surface area contributed by atoms with Gasteiger partial charge in [0.25, 0.3) is 5.56 Å². The van der Waals surface area contributed by atoms with Crippen LogP contribution in [-0.4, -0.2) is 23.9 Å². The highest BCUT2D eigenvalue weighted by Crippen LogP contribution is 2.06. The van der Waals surface area contributed by atoms with Crippen molar-refractivity contribution in [3.8, 4) is 5.69 Å². The van der Waals surface area contributed by atoms with Gasteiger partial charge in [-0.15, -0.1) is 0 Å². The van der Waals surface area contributed by atoms with Crippen LogP contribution in [0.2, 0.25) is 0 Å². The van der Waals surface area contributed by atoms with E-state index >= 15 is 0 Å². The van der Waals surface area contributed by atoms with Crippen LogP contribution < -0.4 is 10.5 Å². The van der Waals surface area contributed by atoms with Gasteiger partial charge in [0.05, 0.1) is 17.6 Å². The van der Waals surface area contributed by atoms with E-state index < -0.39 is 0 Å². The second kappa shape index (κ2) is 4.18. The molecule has 1 heterocycles. The molecule has 0 saturated carbocycles. The highest BCUT2D eigenvalue weighted by Gasteiger charge is 2.02. The molecule has 0 atom stereocenters. The molecule has 0 N–H and O–H groups in total. The van der Waals surface area contributed by atoms with Crippen LogP contribution in [0.5, 0.6) is 0 Å². The van der Waals surface area contributed by atoms with Gasteiger partial charge >= 0.3 is 0 Å². The molecule has 0 spiro atoms. The van der Waals surface area contributed by atoms with E-state index in [0.717, 1.165) is 11.4 Å². The number of aromatic nitrogens is 2. The predicted octanol–water partition coefficient (Wildman–Crippen LogP) is 1.30. The first-order valence-electron chi connectivity index (χ1n) is 5.00. The SMILES string of the molecule is CN(C)c1cnn(-c2ccccc2)c(=O)c1. The summed E-state index contributed by atoms with van der Waals surface area (Å²) in [6.07, 6.45) is 1.67. The van der Waals surface area contributed by atoms with E-state index in [2.05, 4.69) is 5.10 Å². The second-order valence-electron chi connectivity index (χ2n) is 3.69. The van der Waals surface area contributed by atoms with E-state index in [1.807, 2.05) is 49.3 Å².